The number of aromatic nitrogens is 2. The summed E-state index contributed by atoms with van der Waals surface area (Å²) in [5.74, 6) is -3.52. The summed E-state index contributed by atoms with van der Waals surface area (Å²) < 4.78 is 15.3. The predicted octanol–water partition coefficient (Wildman–Crippen LogP) is 2.16. The lowest BCUT2D eigenvalue weighted by molar-refractivity contribution is -0.162. The van der Waals surface area contributed by atoms with Crippen molar-refractivity contribution in [1.82, 2.24) is 10.2 Å². The van der Waals surface area contributed by atoms with Gasteiger partial charge in [-0.25, -0.2) is 0 Å². The Kier molecular flexibility index (Phi) is 6.99. The first-order chi connectivity index (χ1) is 14.9. The maximum absolute atomic E-state index is 12.8. The molecule has 3 N–H and O–H groups in total. The van der Waals surface area contributed by atoms with Crippen LogP contribution < -0.4 is 5.73 Å². The van der Waals surface area contributed by atoms with Crippen LogP contribution in [0, 0.1) is 5.92 Å². The number of esters is 3. The second-order valence-corrected chi connectivity index (χ2v) is 6.86. The van der Waals surface area contributed by atoms with Crippen molar-refractivity contribution >= 4 is 28.8 Å². The molecule has 0 fully saturated rings. The molecule has 0 aliphatic carbocycles. The van der Waals surface area contributed by atoms with Crippen molar-refractivity contribution in [3.05, 3.63) is 65.4 Å². The summed E-state index contributed by atoms with van der Waals surface area (Å²) in [4.78, 5) is 36.6. The van der Waals surface area contributed by atoms with E-state index >= 15 is 0 Å². The number of carbonyl (C=O) groups is 3. The average Bonchev–Trinajstić information content (AvgIpc) is 3.25. The van der Waals surface area contributed by atoms with Crippen LogP contribution in [0.3, 0.4) is 0 Å². The predicted molar refractivity (Wildman–Crippen MR) is 110 cm³/mol. The molecular formula is C22H23N3O6. The van der Waals surface area contributed by atoms with E-state index in [0.717, 1.165) is 5.56 Å². The highest BCUT2D eigenvalue weighted by Crippen LogP contribution is 2.30. The van der Waals surface area contributed by atoms with E-state index in [1.807, 2.05) is 18.2 Å². The molecule has 0 aliphatic rings. The summed E-state index contributed by atoms with van der Waals surface area (Å²) in [7, 11) is 1.17. The third-order valence-electron chi connectivity index (χ3n) is 4.84. The first-order valence-electron chi connectivity index (χ1n) is 9.54. The zero-order valence-corrected chi connectivity index (χ0v) is 17.2. The summed E-state index contributed by atoms with van der Waals surface area (Å²) in [6, 6.07) is 11.3. The fraction of sp³-hybridized carbons (Fsp3) is 0.273. The van der Waals surface area contributed by atoms with Gasteiger partial charge in [-0.15, -0.1) is 0 Å². The minimum Gasteiger partial charge on any atom is -0.468 e. The van der Waals surface area contributed by atoms with Gasteiger partial charge in [-0.2, -0.15) is 5.10 Å². The Balaban J connectivity index is 1.92. The highest BCUT2D eigenvalue weighted by molar-refractivity contribution is 5.96. The maximum Gasteiger partial charge on any atom is 0.322 e. The fourth-order valence-corrected chi connectivity index (χ4v) is 3.25. The van der Waals surface area contributed by atoms with Crippen molar-refractivity contribution in [3.63, 3.8) is 0 Å². The Morgan fingerprint density at radius 3 is 2.45 bits per heavy atom. The van der Waals surface area contributed by atoms with Crippen molar-refractivity contribution in [2.75, 3.05) is 7.11 Å². The van der Waals surface area contributed by atoms with Gasteiger partial charge in [0.15, 0.2) is 5.92 Å². The molecule has 0 aliphatic heterocycles. The Morgan fingerprint density at radius 2 is 1.77 bits per heavy atom. The fourth-order valence-electron chi connectivity index (χ4n) is 3.25. The number of aromatic amines is 1. The lowest BCUT2D eigenvalue weighted by Gasteiger charge is -2.23. The first kappa shape index (κ1) is 22.0. The van der Waals surface area contributed by atoms with Crippen molar-refractivity contribution in [2.24, 2.45) is 11.7 Å². The molecule has 3 rings (SSSR count). The van der Waals surface area contributed by atoms with E-state index in [0.29, 0.717) is 22.0 Å². The quantitative estimate of drug-likeness (QED) is 0.319. The second kappa shape index (κ2) is 9.86. The normalized spacial score (nSPS) is 12.7. The van der Waals surface area contributed by atoms with Gasteiger partial charge in [-0.05, 0) is 17.2 Å². The number of ether oxygens (including phenoxy) is 3. The standard InChI is InChI=1S/C22H23N3O6/c1-13(26)30-12-17-15(8-9-18-16(17)10-24-25-18)20(23)19(21(27)29-2)22(28)31-11-14-6-4-3-5-7-14/h3-10,19-20H,11-12,23H2,1-2H3,(H,24,25). The second-order valence-electron chi connectivity index (χ2n) is 6.86. The molecule has 3 aromatic rings. The zero-order valence-electron chi connectivity index (χ0n) is 17.2. The van der Waals surface area contributed by atoms with E-state index in [1.165, 1.54) is 14.0 Å². The molecule has 9 nitrogen and oxygen atoms in total. The molecule has 0 spiro atoms. The molecule has 2 aromatic carbocycles. The van der Waals surface area contributed by atoms with Crippen molar-refractivity contribution in [2.45, 2.75) is 26.2 Å². The van der Waals surface area contributed by atoms with Crippen LogP contribution in [0.1, 0.15) is 29.7 Å². The monoisotopic (exact) mass is 425 g/mol. The van der Waals surface area contributed by atoms with E-state index in [9.17, 15) is 14.4 Å². The number of benzene rings is 2. The van der Waals surface area contributed by atoms with Crippen LogP contribution in [0.2, 0.25) is 0 Å². The van der Waals surface area contributed by atoms with Crippen LogP contribution in [0.15, 0.2) is 48.7 Å². The molecule has 2 atom stereocenters. The highest BCUT2D eigenvalue weighted by atomic mass is 16.6. The molecule has 9 heteroatoms. The molecular weight excluding hydrogens is 402 g/mol. The lowest BCUT2D eigenvalue weighted by atomic mass is 9.89. The number of nitrogens with one attached hydrogen (secondary N) is 1. The highest BCUT2D eigenvalue weighted by Gasteiger charge is 2.37. The van der Waals surface area contributed by atoms with Crippen LogP contribution in [0.4, 0.5) is 0 Å². The van der Waals surface area contributed by atoms with Crippen LogP contribution in [0.5, 0.6) is 0 Å². The van der Waals surface area contributed by atoms with Gasteiger partial charge < -0.3 is 19.9 Å². The Labute approximate surface area is 178 Å². The van der Waals surface area contributed by atoms with Crippen molar-refractivity contribution in [1.29, 1.82) is 0 Å². The molecule has 1 heterocycles. The maximum atomic E-state index is 12.8. The number of rotatable bonds is 8. The zero-order chi connectivity index (χ0) is 22.4. The van der Waals surface area contributed by atoms with Crippen molar-refractivity contribution < 1.29 is 28.6 Å². The largest absolute Gasteiger partial charge is 0.468 e. The Morgan fingerprint density at radius 1 is 1.03 bits per heavy atom. The lowest BCUT2D eigenvalue weighted by Crippen LogP contribution is -2.37. The van der Waals surface area contributed by atoms with E-state index in [-0.39, 0.29) is 13.2 Å². The number of fused-ring (bicyclic) bond motifs is 1. The first-order valence-corrected chi connectivity index (χ1v) is 9.54. The smallest absolute Gasteiger partial charge is 0.322 e. The number of H-pyrrole nitrogens is 1. The number of methoxy groups -OCH3 is 1. The van der Waals surface area contributed by atoms with Gasteiger partial charge in [0.1, 0.15) is 13.2 Å². The Bertz CT molecular complexity index is 1080. The summed E-state index contributed by atoms with van der Waals surface area (Å²) in [6.45, 7) is 1.18. The molecule has 162 valence electrons. The molecule has 0 amide bonds. The summed E-state index contributed by atoms with van der Waals surface area (Å²) >= 11 is 0. The summed E-state index contributed by atoms with van der Waals surface area (Å²) in [6.07, 6.45) is 1.56. The van der Waals surface area contributed by atoms with Gasteiger partial charge in [0, 0.05) is 17.9 Å². The van der Waals surface area contributed by atoms with E-state index in [2.05, 4.69) is 10.2 Å². The van der Waals surface area contributed by atoms with Gasteiger partial charge >= 0.3 is 17.9 Å². The molecule has 2 unspecified atom stereocenters. The van der Waals surface area contributed by atoms with E-state index in [1.54, 1.807) is 30.5 Å². The number of nitrogens with two attached hydrogens (primary N) is 1. The minimum absolute atomic E-state index is 0.0129. The number of carbonyl (C=O) groups excluding carboxylic acids is 3. The van der Waals surface area contributed by atoms with Crippen LogP contribution in [0.25, 0.3) is 10.9 Å². The van der Waals surface area contributed by atoms with Gasteiger partial charge in [0.05, 0.1) is 24.9 Å². The average molecular weight is 425 g/mol. The summed E-state index contributed by atoms with van der Waals surface area (Å²) in [5.41, 5.74) is 8.83. The third kappa shape index (κ3) is 5.07. The van der Waals surface area contributed by atoms with Gasteiger partial charge in [-0.1, -0.05) is 36.4 Å². The topological polar surface area (TPSA) is 134 Å². The van der Waals surface area contributed by atoms with E-state index < -0.39 is 29.9 Å². The van der Waals surface area contributed by atoms with Crippen molar-refractivity contribution in [3.8, 4) is 0 Å². The molecule has 31 heavy (non-hydrogen) atoms. The number of hydrogen-bond acceptors (Lipinski definition) is 8. The molecule has 0 saturated carbocycles. The molecule has 0 bridgehead atoms. The third-order valence-corrected chi connectivity index (χ3v) is 4.84. The van der Waals surface area contributed by atoms with Crippen LogP contribution in [-0.2, 0) is 41.8 Å². The molecule has 1 aromatic heterocycles. The molecule has 0 radical (unpaired) electrons. The number of nitrogens with zero attached hydrogens (tertiary/aromatic N) is 1. The van der Waals surface area contributed by atoms with Crippen LogP contribution in [-0.4, -0.2) is 35.2 Å². The number of hydrogen-bond donors (Lipinski definition) is 2. The van der Waals surface area contributed by atoms with Crippen LogP contribution >= 0.6 is 0 Å². The Hall–Kier alpha value is -3.72. The minimum atomic E-state index is -1.41. The van der Waals surface area contributed by atoms with Gasteiger partial charge in [-0.3, -0.25) is 19.5 Å². The van der Waals surface area contributed by atoms with E-state index in [4.69, 9.17) is 19.9 Å². The van der Waals surface area contributed by atoms with Gasteiger partial charge in [0.25, 0.3) is 0 Å². The van der Waals surface area contributed by atoms with Gasteiger partial charge in [0.2, 0.25) is 0 Å². The summed E-state index contributed by atoms with van der Waals surface area (Å²) in [5, 5.41) is 7.48. The SMILES string of the molecule is COC(=O)C(C(=O)OCc1ccccc1)C(N)c1ccc2[nH]ncc2c1COC(C)=O. The molecule has 0 saturated heterocycles.